The van der Waals surface area contributed by atoms with Gasteiger partial charge in [0.05, 0.1) is 59.5 Å². The lowest BCUT2D eigenvalue weighted by Crippen LogP contribution is -2.39. The van der Waals surface area contributed by atoms with E-state index in [1.54, 1.807) is 36.4 Å². The van der Waals surface area contributed by atoms with Gasteiger partial charge in [0.15, 0.2) is 0 Å². The predicted octanol–water partition coefficient (Wildman–Crippen LogP) is 5.69. The molecule has 4 aromatic rings. The Hall–Kier alpha value is -5.76. The monoisotopic (exact) mass is 1150 g/mol. The number of hydrogen-bond donors (Lipinski definition) is 6. The average Bonchev–Trinajstić information content (AvgIpc) is 4.25. The van der Waals surface area contributed by atoms with Crippen molar-refractivity contribution in [3.8, 4) is 23.6 Å². The van der Waals surface area contributed by atoms with Crippen LogP contribution in [0.3, 0.4) is 0 Å². The number of fused-ring (bicyclic) bond motifs is 2. The Morgan fingerprint density at radius 3 is 1.36 bits per heavy atom. The van der Waals surface area contributed by atoms with Gasteiger partial charge in [0, 0.05) is 74.5 Å². The van der Waals surface area contributed by atoms with Crippen LogP contribution in [0.1, 0.15) is 84.1 Å². The summed E-state index contributed by atoms with van der Waals surface area (Å²) in [5.74, 6) is 1.06. The molecule has 2 heterocycles. The summed E-state index contributed by atoms with van der Waals surface area (Å²) in [6, 6.07) is 22.9. The van der Waals surface area contributed by atoms with Gasteiger partial charge in [-0.2, -0.15) is 10.5 Å². The van der Waals surface area contributed by atoms with Crippen LogP contribution < -0.4 is 40.2 Å². The molecule has 4 aliphatic rings. The molecule has 2 aliphatic carbocycles. The third-order valence-corrected chi connectivity index (χ3v) is 17.6. The summed E-state index contributed by atoms with van der Waals surface area (Å²) in [6.45, 7) is 6.84. The minimum absolute atomic E-state index is 0.146. The summed E-state index contributed by atoms with van der Waals surface area (Å²) in [4.78, 5) is 29.0. The number of carbonyl (C=O) groups is 2. The van der Waals surface area contributed by atoms with Crippen molar-refractivity contribution in [1.29, 1.82) is 10.5 Å². The second-order valence-electron chi connectivity index (χ2n) is 19.6. The molecule has 0 bridgehead atoms. The molecule has 0 aromatic heterocycles. The van der Waals surface area contributed by atoms with Gasteiger partial charge in [0.1, 0.15) is 23.7 Å². The molecule has 78 heavy (non-hydrogen) atoms. The highest BCUT2D eigenvalue weighted by Gasteiger charge is 2.31. The fraction of sp³-hybridized carbons (Fsp3) is 0.481. The molecule has 0 spiro atoms. The first-order valence-electron chi connectivity index (χ1n) is 26.3. The average molecular weight is 1150 g/mol. The summed E-state index contributed by atoms with van der Waals surface area (Å²) in [6.07, 6.45) is 4.93. The van der Waals surface area contributed by atoms with E-state index in [0.717, 1.165) is 35.3 Å². The molecule has 0 radical (unpaired) electrons. The Labute approximate surface area is 466 Å². The Balaban J connectivity index is 0.586. The predicted molar refractivity (Wildman–Crippen MR) is 293 cm³/mol. The van der Waals surface area contributed by atoms with Gasteiger partial charge < -0.3 is 40.2 Å². The van der Waals surface area contributed by atoms with E-state index in [0.29, 0.717) is 163 Å². The number of amides is 4. The number of unbranched alkanes of at least 4 members (excludes halogenated alkanes) is 1. The number of halogens is 2. The molecule has 4 atom stereocenters. The van der Waals surface area contributed by atoms with Crippen molar-refractivity contribution in [2.75, 3.05) is 91.9 Å². The number of nitrogens with zero attached hydrogens (tertiary/aromatic N) is 4. The number of sulfonamides is 2. The zero-order chi connectivity index (χ0) is 55.1. The minimum atomic E-state index is -3.76. The van der Waals surface area contributed by atoms with Gasteiger partial charge in [0.25, 0.3) is 0 Å². The molecular weight excluding hydrogens is 1080 g/mol. The molecule has 2 saturated heterocycles. The van der Waals surface area contributed by atoms with Crippen molar-refractivity contribution < 1.29 is 45.4 Å². The minimum Gasteiger partial charge on any atom is -0.486 e. The highest BCUT2D eigenvalue weighted by Crippen LogP contribution is 2.40. The van der Waals surface area contributed by atoms with Crippen molar-refractivity contribution >= 4 is 55.3 Å². The molecular formula is C54H66Cl2N10O10S2. The van der Waals surface area contributed by atoms with Crippen molar-refractivity contribution in [3.63, 3.8) is 0 Å². The Bertz CT molecular complexity index is 2830. The normalized spacial score (nSPS) is 19.1. The lowest BCUT2D eigenvalue weighted by atomic mass is 10.0. The van der Waals surface area contributed by atoms with E-state index in [4.69, 9.17) is 42.1 Å². The number of nitriles is 2. The lowest BCUT2D eigenvalue weighted by molar-refractivity contribution is 0.113. The topological polar surface area (TPSA) is 266 Å². The third-order valence-electron chi connectivity index (χ3n) is 14.1. The molecule has 8 rings (SSSR count). The van der Waals surface area contributed by atoms with Gasteiger partial charge in [-0.3, -0.25) is 9.80 Å². The molecule has 6 N–H and O–H groups in total. The maximum Gasteiger partial charge on any atom is 0.314 e. The SMILES string of the molecule is N#Cc1cc(Cl)cc2c1CC[C@H]2Oc1ccc(S(=O)(=O)N[C@H]2CCN(CCOCCNC(=O)NCCCCNC(=O)NCCOCCN3CC[C@H](NS(=O)(=O)c4ccc(O[C@@H]5CCc6c(C#N)cc(Cl)cc65)cc4)C3)C2)cc1. The summed E-state index contributed by atoms with van der Waals surface area (Å²) >= 11 is 12.5. The fourth-order valence-electron chi connectivity index (χ4n) is 10.2. The largest absolute Gasteiger partial charge is 0.486 e. The molecule has 2 aliphatic heterocycles. The van der Waals surface area contributed by atoms with Crippen LogP contribution in [-0.2, 0) is 42.4 Å². The van der Waals surface area contributed by atoms with Gasteiger partial charge in [0.2, 0.25) is 20.0 Å². The van der Waals surface area contributed by atoms with Gasteiger partial charge in [-0.15, -0.1) is 0 Å². The highest BCUT2D eigenvalue weighted by atomic mass is 35.5. The number of urea groups is 2. The number of benzene rings is 4. The molecule has 0 unspecified atom stereocenters. The second-order valence-corrected chi connectivity index (χ2v) is 23.9. The van der Waals surface area contributed by atoms with Gasteiger partial charge in [-0.25, -0.2) is 35.9 Å². The van der Waals surface area contributed by atoms with E-state index in [1.807, 2.05) is 12.1 Å². The van der Waals surface area contributed by atoms with Gasteiger partial charge in [-0.1, -0.05) is 23.2 Å². The smallest absolute Gasteiger partial charge is 0.314 e. The number of carbonyl (C=O) groups excluding carboxylic acids is 2. The van der Waals surface area contributed by atoms with Crippen LogP contribution in [0.5, 0.6) is 11.5 Å². The Kier molecular flexibility index (Phi) is 20.9. The van der Waals surface area contributed by atoms with E-state index in [2.05, 4.69) is 52.6 Å². The fourth-order valence-corrected chi connectivity index (χ4v) is 13.1. The molecule has 24 heteroatoms. The van der Waals surface area contributed by atoms with Crippen molar-refractivity contribution in [3.05, 3.63) is 116 Å². The first-order chi connectivity index (χ1) is 37.7. The Morgan fingerprint density at radius 2 is 0.962 bits per heavy atom. The van der Waals surface area contributed by atoms with Crippen LogP contribution in [0, 0.1) is 22.7 Å². The van der Waals surface area contributed by atoms with Crippen LogP contribution in [0.15, 0.2) is 82.6 Å². The molecule has 0 saturated carbocycles. The molecule has 4 amide bonds. The summed E-state index contributed by atoms with van der Waals surface area (Å²) in [7, 11) is -7.52. The standard InChI is InChI=1S/C54H66Cl2N10O10S2/c55-39-29-37(33-57)47-11-13-51(49(47)31-39)75-43-3-7-45(8-4-43)77(69,70)63-41-15-21-65(35-41)23-27-73-25-19-61-53(67)59-17-1-2-18-60-54(68)62-20-26-74-28-24-66-22-16-42(36-66)64-78(71,72)46-9-5-44(6-10-46)76-52-14-12-48-38(34-58)30-40(56)32-50(48)52/h3-10,29-32,41-42,51-52,63-64H,1-2,11-28,35-36H2,(H2,59,61,67)(H2,60,62,68)/t41-,42-,51+,52+/m0/s1. The molecule has 20 nitrogen and oxygen atoms in total. The number of likely N-dealkylation sites (tertiary alicyclic amines) is 2. The van der Waals surface area contributed by atoms with Crippen molar-refractivity contribution in [2.24, 2.45) is 0 Å². The first kappa shape index (κ1) is 58.4. The van der Waals surface area contributed by atoms with Crippen LogP contribution >= 0.6 is 23.2 Å². The third kappa shape index (κ3) is 16.4. The Morgan fingerprint density at radius 1 is 0.564 bits per heavy atom. The maximum atomic E-state index is 13.2. The highest BCUT2D eigenvalue weighted by molar-refractivity contribution is 7.89. The zero-order valence-corrected chi connectivity index (χ0v) is 46.4. The zero-order valence-electron chi connectivity index (χ0n) is 43.2. The van der Waals surface area contributed by atoms with E-state index < -0.39 is 20.0 Å². The van der Waals surface area contributed by atoms with Crippen molar-refractivity contribution in [1.82, 2.24) is 40.5 Å². The summed E-state index contributed by atoms with van der Waals surface area (Å²) in [5, 5.41) is 31.0. The first-order valence-corrected chi connectivity index (χ1v) is 30.0. The molecule has 418 valence electrons. The number of hydrogen-bond acceptors (Lipinski definition) is 14. The lowest BCUT2D eigenvalue weighted by Gasteiger charge is -2.18. The number of ether oxygens (including phenoxy) is 4. The molecule has 2 fully saturated rings. The van der Waals surface area contributed by atoms with Gasteiger partial charge in [-0.05, 0) is 160 Å². The van der Waals surface area contributed by atoms with Crippen LogP contribution in [-0.4, -0.2) is 143 Å². The number of rotatable bonds is 27. The van der Waals surface area contributed by atoms with E-state index >= 15 is 0 Å². The maximum absolute atomic E-state index is 13.2. The van der Waals surface area contributed by atoms with Crippen molar-refractivity contribution in [2.45, 2.75) is 85.4 Å². The van der Waals surface area contributed by atoms with Gasteiger partial charge >= 0.3 is 12.1 Å². The van der Waals surface area contributed by atoms with E-state index in [-0.39, 0.29) is 46.1 Å². The van der Waals surface area contributed by atoms with Crippen LogP contribution in [0.4, 0.5) is 9.59 Å². The van der Waals surface area contributed by atoms with E-state index in [1.165, 1.54) is 24.3 Å². The number of nitrogens with one attached hydrogen (secondary N) is 6. The second kappa shape index (κ2) is 27.9. The van der Waals surface area contributed by atoms with Crippen LogP contribution in [0.25, 0.3) is 0 Å². The quantitative estimate of drug-likeness (QED) is 0.0392. The molecule has 4 aromatic carbocycles. The van der Waals surface area contributed by atoms with E-state index in [9.17, 15) is 36.9 Å². The van der Waals surface area contributed by atoms with Crippen LogP contribution in [0.2, 0.25) is 10.0 Å². The summed E-state index contributed by atoms with van der Waals surface area (Å²) < 4.78 is 82.2. The summed E-state index contributed by atoms with van der Waals surface area (Å²) in [5.41, 5.74) is 4.75.